The molecule has 0 aromatic carbocycles. The first-order valence-electron chi connectivity index (χ1n) is 6.02. The number of pyridine rings is 1. The monoisotopic (exact) mass is 268 g/mol. The van der Waals surface area contributed by atoms with E-state index in [-0.39, 0.29) is 11.9 Å². The number of nitrogens with one attached hydrogen (secondary N) is 1. The van der Waals surface area contributed by atoms with Gasteiger partial charge in [0.05, 0.1) is 10.7 Å². The number of hydrogen-bond acceptors (Lipinski definition) is 4. The van der Waals surface area contributed by atoms with E-state index >= 15 is 0 Å². The standard InChI is InChI=1S/C12H17ClN4O/c1-15-12(18)10-4-2-3-5-17(10)11-9(14)6-8(13)7-16-11/h6-7,10H,2-5,14H2,1H3,(H,15,18). The normalized spacial score (nSPS) is 19.7. The van der Waals surface area contributed by atoms with E-state index in [0.29, 0.717) is 16.5 Å². The fourth-order valence-electron chi connectivity index (χ4n) is 2.31. The third-order valence-electron chi connectivity index (χ3n) is 3.19. The fraction of sp³-hybridized carbons (Fsp3) is 0.500. The molecule has 1 aliphatic rings. The first-order chi connectivity index (χ1) is 8.63. The molecule has 3 N–H and O–H groups in total. The predicted octanol–water partition coefficient (Wildman–Crippen LogP) is 1.42. The summed E-state index contributed by atoms with van der Waals surface area (Å²) in [6.07, 6.45) is 4.46. The molecule has 1 fully saturated rings. The van der Waals surface area contributed by atoms with Crippen molar-refractivity contribution in [1.29, 1.82) is 0 Å². The van der Waals surface area contributed by atoms with Crippen molar-refractivity contribution in [3.05, 3.63) is 17.3 Å². The number of piperidine rings is 1. The number of nitrogen functional groups attached to an aromatic ring is 1. The molecule has 98 valence electrons. The maximum Gasteiger partial charge on any atom is 0.242 e. The van der Waals surface area contributed by atoms with Gasteiger partial charge in [0.25, 0.3) is 0 Å². The van der Waals surface area contributed by atoms with Crippen LogP contribution in [-0.4, -0.2) is 30.5 Å². The molecule has 0 aliphatic carbocycles. The number of amides is 1. The summed E-state index contributed by atoms with van der Waals surface area (Å²) in [5.74, 6) is 0.651. The Morgan fingerprint density at radius 3 is 3.06 bits per heavy atom. The highest BCUT2D eigenvalue weighted by molar-refractivity contribution is 6.30. The number of halogens is 1. The van der Waals surface area contributed by atoms with Gasteiger partial charge in [-0.05, 0) is 25.3 Å². The Balaban J connectivity index is 2.30. The lowest BCUT2D eigenvalue weighted by atomic mass is 10.0. The fourth-order valence-corrected chi connectivity index (χ4v) is 2.48. The minimum atomic E-state index is -0.195. The van der Waals surface area contributed by atoms with Crippen LogP contribution in [0.3, 0.4) is 0 Å². The Labute approximate surface area is 111 Å². The van der Waals surface area contributed by atoms with Gasteiger partial charge in [-0.1, -0.05) is 11.6 Å². The summed E-state index contributed by atoms with van der Waals surface area (Å²) in [7, 11) is 1.65. The minimum absolute atomic E-state index is 0.00542. The average Bonchev–Trinajstić information content (AvgIpc) is 2.38. The zero-order valence-electron chi connectivity index (χ0n) is 10.3. The second-order valence-corrected chi connectivity index (χ2v) is 4.82. The van der Waals surface area contributed by atoms with Gasteiger partial charge >= 0.3 is 0 Å². The van der Waals surface area contributed by atoms with Crippen molar-refractivity contribution < 1.29 is 4.79 Å². The van der Waals surface area contributed by atoms with Crippen molar-refractivity contribution in [3.8, 4) is 0 Å². The van der Waals surface area contributed by atoms with Gasteiger partial charge in [-0.15, -0.1) is 0 Å². The molecule has 1 aliphatic heterocycles. The van der Waals surface area contributed by atoms with Crippen molar-refractivity contribution in [1.82, 2.24) is 10.3 Å². The van der Waals surface area contributed by atoms with Crippen LogP contribution in [-0.2, 0) is 4.79 Å². The minimum Gasteiger partial charge on any atom is -0.396 e. The average molecular weight is 269 g/mol. The van der Waals surface area contributed by atoms with Crippen LogP contribution < -0.4 is 16.0 Å². The van der Waals surface area contributed by atoms with E-state index in [9.17, 15) is 4.79 Å². The quantitative estimate of drug-likeness (QED) is 0.851. The predicted molar refractivity (Wildman–Crippen MR) is 72.7 cm³/mol. The van der Waals surface area contributed by atoms with E-state index in [1.165, 1.54) is 0 Å². The Morgan fingerprint density at radius 1 is 1.61 bits per heavy atom. The topological polar surface area (TPSA) is 71.2 Å². The molecule has 1 aromatic rings. The van der Waals surface area contributed by atoms with Gasteiger partial charge in [-0.3, -0.25) is 4.79 Å². The van der Waals surface area contributed by atoms with E-state index in [2.05, 4.69) is 10.3 Å². The number of aromatic nitrogens is 1. The molecule has 0 radical (unpaired) electrons. The number of nitrogens with two attached hydrogens (primary N) is 1. The second kappa shape index (κ2) is 5.44. The van der Waals surface area contributed by atoms with Crippen LogP contribution in [0.2, 0.25) is 5.02 Å². The molecule has 1 atom stereocenters. The first kappa shape index (κ1) is 13.0. The zero-order valence-corrected chi connectivity index (χ0v) is 11.1. The van der Waals surface area contributed by atoms with E-state index in [0.717, 1.165) is 25.8 Å². The van der Waals surface area contributed by atoms with Crippen LogP contribution in [0.15, 0.2) is 12.3 Å². The Bertz CT molecular complexity index is 452. The summed E-state index contributed by atoms with van der Waals surface area (Å²) in [6.45, 7) is 0.789. The number of carbonyl (C=O) groups is 1. The number of carbonyl (C=O) groups excluding carboxylic acids is 1. The van der Waals surface area contributed by atoms with E-state index in [1.807, 2.05) is 4.90 Å². The van der Waals surface area contributed by atoms with Crippen molar-refractivity contribution >= 4 is 29.0 Å². The van der Waals surface area contributed by atoms with Gasteiger partial charge in [0.15, 0.2) is 5.82 Å². The Kier molecular flexibility index (Phi) is 3.91. The highest BCUT2D eigenvalue weighted by atomic mass is 35.5. The van der Waals surface area contributed by atoms with Crippen molar-refractivity contribution in [3.63, 3.8) is 0 Å². The van der Waals surface area contributed by atoms with Gasteiger partial charge in [0, 0.05) is 19.8 Å². The number of likely N-dealkylation sites (N-methyl/N-ethyl adjacent to an activating group) is 1. The third-order valence-corrected chi connectivity index (χ3v) is 3.39. The highest BCUT2D eigenvalue weighted by Crippen LogP contribution is 2.29. The molecular formula is C12H17ClN4O. The smallest absolute Gasteiger partial charge is 0.242 e. The molecule has 0 bridgehead atoms. The van der Waals surface area contributed by atoms with Crippen molar-refractivity contribution in [2.24, 2.45) is 0 Å². The number of hydrogen-bond donors (Lipinski definition) is 2. The lowest BCUT2D eigenvalue weighted by Gasteiger charge is -2.35. The summed E-state index contributed by atoms with van der Waals surface area (Å²) in [5.41, 5.74) is 6.45. The molecule has 0 spiro atoms. The number of rotatable bonds is 2. The molecular weight excluding hydrogens is 252 g/mol. The molecule has 1 amide bonds. The van der Waals surface area contributed by atoms with Gasteiger partial charge in [-0.2, -0.15) is 0 Å². The number of nitrogens with zero attached hydrogens (tertiary/aromatic N) is 2. The zero-order chi connectivity index (χ0) is 13.1. The van der Waals surface area contributed by atoms with Crippen molar-refractivity contribution in [2.75, 3.05) is 24.2 Å². The molecule has 1 aromatic heterocycles. The van der Waals surface area contributed by atoms with Gasteiger partial charge in [0.1, 0.15) is 6.04 Å². The van der Waals surface area contributed by atoms with Gasteiger partial charge < -0.3 is 16.0 Å². The van der Waals surface area contributed by atoms with Crippen LogP contribution in [0.1, 0.15) is 19.3 Å². The molecule has 6 heteroatoms. The molecule has 2 rings (SSSR count). The lowest BCUT2D eigenvalue weighted by Crippen LogP contribution is -2.49. The highest BCUT2D eigenvalue weighted by Gasteiger charge is 2.29. The SMILES string of the molecule is CNC(=O)C1CCCCN1c1ncc(Cl)cc1N. The van der Waals surface area contributed by atoms with Gasteiger partial charge in [0.2, 0.25) is 5.91 Å². The third kappa shape index (κ3) is 2.51. The molecule has 0 saturated carbocycles. The number of anilines is 2. The summed E-state index contributed by atoms with van der Waals surface area (Å²) < 4.78 is 0. The van der Waals surface area contributed by atoms with Crippen molar-refractivity contribution in [2.45, 2.75) is 25.3 Å². The van der Waals surface area contributed by atoms with Crippen LogP contribution in [0.4, 0.5) is 11.5 Å². The second-order valence-electron chi connectivity index (χ2n) is 4.39. The molecule has 1 saturated heterocycles. The van der Waals surface area contributed by atoms with Crippen LogP contribution in [0.25, 0.3) is 0 Å². The molecule has 1 unspecified atom stereocenters. The summed E-state index contributed by atoms with van der Waals surface area (Å²) in [6, 6.07) is 1.47. The maximum absolute atomic E-state index is 11.9. The molecule has 5 nitrogen and oxygen atoms in total. The van der Waals surface area contributed by atoms with Gasteiger partial charge in [-0.25, -0.2) is 4.98 Å². The van der Waals surface area contributed by atoms with Crippen LogP contribution in [0.5, 0.6) is 0 Å². The van der Waals surface area contributed by atoms with Crippen LogP contribution in [0, 0.1) is 0 Å². The lowest BCUT2D eigenvalue weighted by molar-refractivity contribution is -0.122. The summed E-state index contributed by atoms with van der Waals surface area (Å²) in [4.78, 5) is 18.1. The first-order valence-corrected chi connectivity index (χ1v) is 6.40. The Morgan fingerprint density at radius 2 is 2.39 bits per heavy atom. The Hall–Kier alpha value is -1.49. The van der Waals surface area contributed by atoms with E-state index < -0.39 is 0 Å². The van der Waals surface area contributed by atoms with E-state index in [4.69, 9.17) is 17.3 Å². The van der Waals surface area contributed by atoms with Crippen LogP contribution >= 0.6 is 11.6 Å². The summed E-state index contributed by atoms with van der Waals surface area (Å²) in [5, 5.41) is 3.19. The maximum atomic E-state index is 11.9. The summed E-state index contributed by atoms with van der Waals surface area (Å²) >= 11 is 5.84. The van der Waals surface area contributed by atoms with E-state index in [1.54, 1.807) is 19.3 Å². The molecule has 2 heterocycles. The molecule has 18 heavy (non-hydrogen) atoms. The largest absolute Gasteiger partial charge is 0.396 e.